The van der Waals surface area contributed by atoms with Crippen molar-refractivity contribution in [2.24, 2.45) is 0 Å². The highest BCUT2D eigenvalue weighted by Gasteiger charge is 2.26. The van der Waals surface area contributed by atoms with E-state index in [-0.39, 0.29) is 17.0 Å². The number of esters is 1. The molecule has 1 amide bonds. The normalized spacial score (nSPS) is 10.9. The van der Waals surface area contributed by atoms with Crippen molar-refractivity contribution in [1.29, 1.82) is 0 Å². The zero-order chi connectivity index (χ0) is 23.1. The van der Waals surface area contributed by atoms with Crippen LogP contribution in [-0.4, -0.2) is 33.4 Å². The summed E-state index contributed by atoms with van der Waals surface area (Å²) in [6.07, 6.45) is 0. The third-order valence-corrected chi connectivity index (χ3v) is 6.76. The molecule has 3 aromatic rings. The van der Waals surface area contributed by atoms with Crippen LogP contribution in [-0.2, 0) is 19.6 Å². The lowest BCUT2D eigenvalue weighted by Crippen LogP contribution is -2.31. The van der Waals surface area contributed by atoms with Crippen LogP contribution in [0.25, 0.3) is 0 Å². The first-order valence-corrected chi connectivity index (χ1v) is 11.5. The summed E-state index contributed by atoms with van der Waals surface area (Å²) in [7, 11) is -3.92. The number of carbonyl (C=O) groups is 2. The maximum Gasteiger partial charge on any atom is 0.338 e. The fraction of sp³-hybridized carbons (Fsp3) is 0.167. The number of hydrogen-bond donors (Lipinski definition) is 1. The first-order chi connectivity index (χ1) is 15.3. The van der Waals surface area contributed by atoms with E-state index in [1.807, 2.05) is 6.07 Å². The second-order valence-electron chi connectivity index (χ2n) is 6.98. The van der Waals surface area contributed by atoms with Gasteiger partial charge in [0.15, 0.2) is 6.61 Å². The average molecular weight is 453 g/mol. The molecule has 8 heteroatoms. The third-order valence-electron chi connectivity index (χ3n) is 4.72. The van der Waals surface area contributed by atoms with Gasteiger partial charge in [-0.05, 0) is 55.8 Å². The van der Waals surface area contributed by atoms with E-state index in [0.29, 0.717) is 16.9 Å². The number of sulfonamides is 1. The van der Waals surface area contributed by atoms with Crippen LogP contribution in [0.2, 0.25) is 0 Å². The van der Waals surface area contributed by atoms with Crippen molar-refractivity contribution in [3.8, 4) is 0 Å². The Bertz CT molecular complexity index is 1200. The SMILES string of the molecule is CCN(c1ccccc1)S(=O)(=O)c1cc(C(=O)OCC(=O)Nc2ccccc2)ccc1C. The maximum absolute atomic E-state index is 13.3. The van der Waals surface area contributed by atoms with Gasteiger partial charge in [-0.25, -0.2) is 13.2 Å². The molecule has 3 rings (SSSR count). The fourth-order valence-corrected chi connectivity index (χ4v) is 4.87. The Morgan fingerprint density at radius 1 is 0.938 bits per heavy atom. The Kier molecular flexibility index (Phi) is 7.27. The predicted octanol–water partition coefficient (Wildman–Crippen LogP) is 4.01. The molecule has 166 valence electrons. The smallest absolute Gasteiger partial charge is 0.338 e. The monoisotopic (exact) mass is 452 g/mol. The van der Waals surface area contributed by atoms with Crippen molar-refractivity contribution in [3.63, 3.8) is 0 Å². The number of nitrogens with zero attached hydrogens (tertiary/aromatic N) is 1. The molecule has 3 aromatic carbocycles. The summed E-state index contributed by atoms with van der Waals surface area (Å²) in [6, 6.07) is 21.8. The molecule has 0 fully saturated rings. The van der Waals surface area contributed by atoms with E-state index in [0.717, 1.165) is 0 Å². The van der Waals surface area contributed by atoms with Gasteiger partial charge in [-0.3, -0.25) is 9.10 Å². The Labute approximate surface area is 187 Å². The molecule has 0 saturated carbocycles. The minimum absolute atomic E-state index is 0.00592. The van der Waals surface area contributed by atoms with Gasteiger partial charge in [-0.15, -0.1) is 0 Å². The minimum Gasteiger partial charge on any atom is -0.452 e. The van der Waals surface area contributed by atoms with Crippen LogP contribution in [0.4, 0.5) is 11.4 Å². The van der Waals surface area contributed by atoms with Crippen molar-refractivity contribution in [1.82, 2.24) is 0 Å². The predicted molar refractivity (Wildman–Crippen MR) is 123 cm³/mol. The Hall–Kier alpha value is -3.65. The molecule has 0 aliphatic heterocycles. The second kappa shape index (κ2) is 10.1. The van der Waals surface area contributed by atoms with E-state index in [4.69, 9.17) is 4.74 Å². The molecule has 0 heterocycles. The van der Waals surface area contributed by atoms with Crippen LogP contribution in [0.15, 0.2) is 83.8 Å². The number of nitrogens with one attached hydrogen (secondary N) is 1. The van der Waals surface area contributed by atoms with Crippen molar-refractivity contribution >= 4 is 33.3 Å². The summed E-state index contributed by atoms with van der Waals surface area (Å²) < 4.78 is 33.0. The number of benzene rings is 3. The summed E-state index contributed by atoms with van der Waals surface area (Å²) in [4.78, 5) is 24.5. The highest BCUT2D eigenvalue weighted by molar-refractivity contribution is 7.92. The van der Waals surface area contributed by atoms with Gasteiger partial charge in [0.1, 0.15) is 0 Å². The van der Waals surface area contributed by atoms with E-state index in [1.54, 1.807) is 74.5 Å². The molecule has 0 atom stereocenters. The van der Waals surface area contributed by atoms with Crippen molar-refractivity contribution in [3.05, 3.63) is 90.0 Å². The lowest BCUT2D eigenvalue weighted by atomic mass is 10.1. The van der Waals surface area contributed by atoms with Gasteiger partial charge < -0.3 is 10.1 Å². The molecule has 0 radical (unpaired) electrons. The zero-order valence-corrected chi connectivity index (χ0v) is 18.6. The average Bonchev–Trinajstić information content (AvgIpc) is 2.79. The van der Waals surface area contributed by atoms with Crippen molar-refractivity contribution in [2.75, 3.05) is 22.8 Å². The Morgan fingerprint density at radius 3 is 2.19 bits per heavy atom. The molecule has 0 bridgehead atoms. The summed E-state index contributed by atoms with van der Waals surface area (Å²) in [5.41, 5.74) is 1.65. The number of hydrogen-bond acceptors (Lipinski definition) is 5. The van der Waals surface area contributed by atoms with Crippen molar-refractivity contribution < 1.29 is 22.7 Å². The number of anilines is 2. The first-order valence-electron chi connectivity index (χ1n) is 10.0. The third kappa shape index (κ3) is 5.33. The molecule has 0 aromatic heterocycles. The second-order valence-corrected chi connectivity index (χ2v) is 8.81. The highest BCUT2D eigenvalue weighted by Crippen LogP contribution is 2.26. The molecule has 0 aliphatic carbocycles. The fourth-order valence-electron chi connectivity index (χ4n) is 3.14. The number of para-hydroxylation sites is 2. The summed E-state index contributed by atoms with van der Waals surface area (Å²) in [5, 5.41) is 2.62. The summed E-state index contributed by atoms with van der Waals surface area (Å²) >= 11 is 0. The molecule has 0 spiro atoms. The van der Waals surface area contributed by atoms with Crippen LogP contribution < -0.4 is 9.62 Å². The number of rotatable bonds is 8. The number of amides is 1. The van der Waals surface area contributed by atoms with Gasteiger partial charge in [0.05, 0.1) is 16.1 Å². The van der Waals surface area contributed by atoms with Gasteiger partial charge in [0, 0.05) is 12.2 Å². The molecular formula is C24H24N2O5S. The van der Waals surface area contributed by atoms with Crippen LogP contribution in [0.5, 0.6) is 0 Å². The van der Waals surface area contributed by atoms with E-state index >= 15 is 0 Å². The van der Waals surface area contributed by atoms with Gasteiger partial charge >= 0.3 is 5.97 Å². The molecule has 1 N–H and O–H groups in total. The van der Waals surface area contributed by atoms with E-state index < -0.39 is 28.5 Å². The van der Waals surface area contributed by atoms with Gasteiger partial charge in [-0.2, -0.15) is 0 Å². The van der Waals surface area contributed by atoms with Crippen LogP contribution in [0.1, 0.15) is 22.8 Å². The molecule has 0 saturated heterocycles. The van der Waals surface area contributed by atoms with Crippen LogP contribution in [0, 0.1) is 6.92 Å². The van der Waals surface area contributed by atoms with Crippen LogP contribution in [0.3, 0.4) is 0 Å². The quantitative estimate of drug-likeness (QED) is 0.522. The Balaban J connectivity index is 1.77. The largest absolute Gasteiger partial charge is 0.452 e. The topological polar surface area (TPSA) is 92.8 Å². The lowest BCUT2D eigenvalue weighted by Gasteiger charge is -2.24. The van der Waals surface area contributed by atoms with Crippen LogP contribution >= 0.6 is 0 Å². The molecule has 32 heavy (non-hydrogen) atoms. The lowest BCUT2D eigenvalue weighted by molar-refractivity contribution is -0.119. The number of carbonyl (C=O) groups excluding carboxylic acids is 2. The highest BCUT2D eigenvalue weighted by atomic mass is 32.2. The standard InChI is InChI=1S/C24H24N2O5S/c1-3-26(21-12-8-5-9-13-21)32(29,30)22-16-19(15-14-18(22)2)24(28)31-17-23(27)25-20-10-6-4-7-11-20/h4-16H,3,17H2,1-2H3,(H,25,27). The zero-order valence-electron chi connectivity index (χ0n) is 17.8. The molecule has 7 nitrogen and oxygen atoms in total. The molecule has 0 aliphatic rings. The molecular weight excluding hydrogens is 428 g/mol. The Morgan fingerprint density at radius 2 is 1.56 bits per heavy atom. The van der Waals surface area contributed by atoms with Gasteiger partial charge in [0.25, 0.3) is 15.9 Å². The van der Waals surface area contributed by atoms with E-state index in [2.05, 4.69) is 5.32 Å². The van der Waals surface area contributed by atoms with E-state index in [1.165, 1.54) is 16.4 Å². The van der Waals surface area contributed by atoms with Gasteiger partial charge in [-0.1, -0.05) is 42.5 Å². The maximum atomic E-state index is 13.3. The van der Waals surface area contributed by atoms with E-state index in [9.17, 15) is 18.0 Å². The summed E-state index contributed by atoms with van der Waals surface area (Å²) in [5.74, 6) is -1.28. The van der Waals surface area contributed by atoms with Crippen molar-refractivity contribution in [2.45, 2.75) is 18.7 Å². The first kappa shape index (κ1) is 23.0. The van der Waals surface area contributed by atoms with Gasteiger partial charge in [0.2, 0.25) is 0 Å². The number of aryl methyl sites for hydroxylation is 1. The minimum atomic E-state index is -3.92. The number of ether oxygens (including phenoxy) is 1. The summed E-state index contributed by atoms with van der Waals surface area (Å²) in [6.45, 7) is 3.13. The molecule has 0 unspecified atom stereocenters.